The highest BCUT2D eigenvalue weighted by Crippen LogP contribution is 2.50. The van der Waals surface area contributed by atoms with Gasteiger partial charge in [0.15, 0.2) is 0 Å². The first-order valence-corrected chi connectivity index (χ1v) is 8.79. The number of piperidine rings is 1. The number of aryl methyl sites for hydroxylation is 1. The molecule has 1 aliphatic heterocycles. The van der Waals surface area contributed by atoms with E-state index in [-0.39, 0.29) is 24.0 Å². The molecule has 1 aliphatic carbocycles. The van der Waals surface area contributed by atoms with Gasteiger partial charge in [-0.2, -0.15) is 0 Å². The maximum atomic E-state index is 12.8. The highest BCUT2D eigenvalue weighted by Gasteiger charge is 2.49. The lowest BCUT2D eigenvalue weighted by atomic mass is 9.60. The molecule has 0 aromatic heterocycles. The molecule has 1 saturated carbocycles. The average molecular weight is 346 g/mol. The first-order valence-electron chi connectivity index (χ1n) is 8.79. The minimum absolute atomic E-state index is 0.0138. The van der Waals surface area contributed by atoms with Crippen LogP contribution in [0.15, 0.2) is 18.2 Å². The third-order valence-electron chi connectivity index (χ3n) is 5.72. The smallest absolute Gasteiger partial charge is 0.254 e. The number of methoxy groups -OCH3 is 1. The molecule has 2 fully saturated rings. The van der Waals surface area contributed by atoms with Crippen molar-refractivity contribution in [2.24, 2.45) is 11.1 Å². The lowest BCUT2D eigenvalue weighted by molar-refractivity contribution is -0.148. The summed E-state index contributed by atoms with van der Waals surface area (Å²) in [7, 11) is 1.62. The zero-order chi connectivity index (χ0) is 18.0. The molecule has 1 aromatic carbocycles. The van der Waals surface area contributed by atoms with Crippen LogP contribution in [-0.2, 0) is 9.53 Å². The molecule has 0 bridgehead atoms. The Kier molecular flexibility index (Phi) is 4.99. The highest BCUT2D eigenvalue weighted by molar-refractivity contribution is 5.95. The molecule has 2 N–H and O–H groups in total. The second-order valence-corrected chi connectivity index (χ2v) is 7.14. The number of carbonyl (C=O) groups is 2. The molecule has 2 amide bonds. The Morgan fingerprint density at radius 3 is 2.52 bits per heavy atom. The van der Waals surface area contributed by atoms with E-state index in [0.29, 0.717) is 0 Å². The fourth-order valence-corrected chi connectivity index (χ4v) is 4.01. The van der Waals surface area contributed by atoms with Crippen LogP contribution in [0.4, 0.5) is 0 Å². The molecule has 3 rings (SSSR count). The van der Waals surface area contributed by atoms with Crippen LogP contribution in [0.1, 0.15) is 41.6 Å². The molecule has 2 aliphatic rings. The highest BCUT2D eigenvalue weighted by atomic mass is 16.5. The molecule has 6 nitrogen and oxygen atoms in total. The normalized spacial score (nSPS) is 21.7. The molecule has 1 atom stereocenters. The summed E-state index contributed by atoms with van der Waals surface area (Å²) in [4.78, 5) is 25.7. The summed E-state index contributed by atoms with van der Waals surface area (Å²) >= 11 is 0. The molecule has 1 aromatic rings. The van der Waals surface area contributed by atoms with Crippen molar-refractivity contribution in [2.75, 3.05) is 26.8 Å². The second kappa shape index (κ2) is 7.04. The van der Waals surface area contributed by atoms with Gasteiger partial charge in [-0.25, -0.2) is 0 Å². The van der Waals surface area contributed by atoms with Crippen LogP contribution in [0.3, 0.4) is 0 Å². The Morgan fingerprint density at radius 2 is 2.00 bits per heavy atom. The number of nitrogens with two attached hydrogens (primary N) is 1. The van der Waals surface area contributed by atoms with Crippen LogP contribution < -0.4 is 10.5 Å². The van der Waals surface area contributed by atoms with Gasteiger partial charge in [0.25, 0.3) is 5.91 Å². The van der Waals surface area contributed by atoms with E-state index in [2.05, 4.69) is 0 Å². The van der Waals surface area contributed by atoms with Crippen molar-refractivity contribution in [3.63, 3.8) is 0 Å². The Morgan fingerprint density at radius 1 is 1.28 bits per heavy atom. The fourth-order valence-electron chi connectivity index (χ4n) is 4.01. The number of carbonyl (C=O) groups excluding carboxylic acids is 2. The summed E-state index contributed by atoms with van der Waals surface area (Å²) in [6, 6.07) is 5.55. The number of primary amides is 1. The van der Waals surface area contributed by atoms with Crippen molar-refractivity contribution < 1.29 is 19.1 Å². The van der Waals surface area contributed by atoms with Gasteiger partial charge in [-0.1, -0.05) is 0 Å². The number of benzene rings is 1. The average Bonchev–Trinajstić information content (AvgIpc) is 2.60. The number of nitrogens with zero attached hydrogens (tertiary/aromatic N) is 1. The molecular weight excluding hydrogens is 320 g/mol. The van der Waals surface area contributed by atoms with E-state index in [9.17, 15) is 9.59 Å². The topological polar surface area (TPSA) is 81.9 Å². The minimum Gasteiger partial charge on any atom is -0.497 e. The minimum atomic E-state index is -0.426. The summed E-state index contributed by atoms with van der Waals surface area (Å²) in [5.41, 5.74) is 6.94. The molecule has 25 heavy (non-hydrogen) atoms. The Bertz CT molecular complexity index is 665. The summed E-state index contributed by atoms with van der Waals surface area (Å²) in [6.45, 7) is 3.36. The van der Waals surface area contributed by atoms with Gasteiger partial charge in [-0.3, -0.25) is 9.59 Å². The van der Waals surface area contributed by atoms with E-state index in [4.69, 9.17) is 15.2 Å². The van der Waals surface area contributed by atoms with Crippen LogP contribution in [0.25, 0.3) is 0 Å². The number of hydrogen-bond acceptors (Lipinski definition) is 4. The molecule has 6 heteroatoms. The van der Waals surface area contributed by atoms with E-state index in [1.54, 1.807) is 7.11 Å². The van der Waals surface area contributed by atoms with E-state index in [1.807, 2.05) is 30.0 Å². The van der Waals surface area contributed by atoms with E-state index in [0.717, 1.165) is 55.6 Å². The molecule has 0 radical (unpaired) electrons. The predicted octanol–water partition coefficient (Wildman–Crippen LogP) is 1.89. The van der Waals surface area contributed by atoms with Gasteiger partial charge in [-0.05, 0) is 56.4 Å². The second-order valence-electron chi connectivity index (χ2n) is 7.14. The van der Waals surface area contributed by atoms with Gasteiger partial charge >= 0.3 is 0 Å². The van der Waals surface area contributed by atoms with Crippen molar-refractivity contribution in [1.82, 2.24) is 4.90 Å². The van der Waals surface area contributed by atoms with E-state index < -0.39 is 5.91 Å². The van der Waals surface area contributed by atoms with Crippen molar-refractivity contribution in [1.29, 1.82) is 0 Å². The lowest BCUT2D eigenvalue weighted by Crippen LogP contribution is -2.54. The lowest BCUT2D eigenvalue weighted by Gasteiger charge is -2.53. The number of hydrogen-bond donors (Lipinski definition) is 1. The standard InChI is InChI=1S/C19H26N2O4/c1-13-11-14(24-2)3-4-15(13)18(23)21-9-7-19(8-10-21)6-5-16(19)25-12-17(20)22/h3-4,11,16H,5-10,12H2,1-2H3,(H2,20,22). The van der Waals surface area contributed by atoms with Crippen LogP contribution in [0, 0.1) is 12.3 Å². The van der Waals surface area contributed by atoms with E-state index >= 15 is 0 Å². The zero-order valence-electron chi connectivity index (χ0n) is 14.9. The van der Waals surface area contributed by atoms with Crippen LogP contribution in [0.2, 0.25) is 0 Å². The third kappa shape index (κ3) is 3.49. The van der Waals surface area contributed by atoms with Crippen LogP contribution in [-0.4, -0.2) is 49.6 Å². The fraction of sp³-hybridized carbons (Fsp3) is 0.579. The summed E-state index contributed by atoms with van der Waals surface area (Å²) in [6.07, 6.45) is 3.99. The van der Waals surface area contributed by atoms with Crippen molar-refractivity contribution in [3.05, 3.63) is 29.3 Å². The monoisotopic (exact) mass is 346 g/mol. The van der Waals surface area contributed by atoms with Crippen LogP contribution in [0.5, 0.6) is 5.75 Å². The first-order chi connectivity index (χ1) is 11.9. The van der Waals surface area contributed by atoms with Crippen molar-refractivity contribution in [2.45, 2.75) is 38.7 Å². The third-order valence-corrected chi connectivity index (χ3v) is 5.72. The zero-order valence-corrected chi connectivity index (χ0v) is 14.9. The summed E-state index contributed by atoms with van der Waals surface area (Å²) in [5, 5.41) is 0. The summed E-state index contributed by atoms with van der Waals surface area (Å²) < 4.78 is 10.9. The first kappa shape index (κ1) is 17.7. The van der Waals surface area contributed by atoms with Crippen molar-refractivity contribution in [3.8, 4) is 5.75 Å². The molecule has 136 valence electrons. The molecule has 1 spiro atoms. The van der Waals surface area contributed by atoms with Gasteiger partial charge in [-0.15, -0.1) is 0 Å². The molecule has 1 saturated heterocycles. The maximum Gasteiger partial charge on any atom is 0.254 e. The van der Waals surface area contributed by atoms with Gasteiger partial charge in [0, 0.05) is 24.1 Å². The van der Waals surface area contributed by atoms with Crippen molar-refractivity contribution >= 4 is 11.8 Å². The number of ether oxygens (including phenoxy) is 2. The Labute approximate surface area is 148 Å². The quantitative estimate of drug-likeness (QED) is 0.883. The number of likely N-dealkylation sites (tertiary alicyclic amines) is 1. The maximum absolute atomic E-state index is 12.8. The molecule has 1 unspecified atom stereocenters. The van der Waals surface area contributed by atoms with Gasteiger partial charge in [0.05, 0.1) is 13.2 Å². The number of amides is 2. The predicted molar refractivity (Wildman–Crippen MR) is 93.5 cm³/mol. The van der Waals surface area contributed by atoms with Gasteiger partial charge in [0.1, 0.15) is 12.4 Å². The number of rotatable bonds is 5. The largest absolute Gasteiger partial charge is 0.497 e. The van der Waals surface area contributed by atoms with Crippen LogP contribution >= 0.6 is 0 Å². The van der Waals surface area contributed by atoms with E-state index in [1.165, 1.54) is 0 Å². The molecular formula is C19H26N2O4. The van der Waals surface area contributed by atoms with Gasteiger partial charge < -0.3 is 20.1 Å². The van der Waals surface area contributed by atoms with Gasteiger partial charge in [0.2, 0.25) is 5.91 Å². The summed E-state index contributed by atoms with van der Waals surface area (Å²) in [5.74, 6) is 0.407. The SMILES string of the molecule is COc1ccc(C(=O)N2CCC3(CCC3OCC(N)=O)CC2)c(C)c1. The molecule has 1 heterocycles. The Hall–Kier alpha value is -2.08. The Balaban J connectivity index is 1.60.